The number of aromatic nitrogens is 1. The van der Waals surface area contributed by atoms with Crippen LogP contribution in [0.5, 0.6) is 0 Å². The first-order valence-electron chi connectivity index (χ1n) is 17.2. The van der Waals surface area contributed by atoms with E-state index in [1.54, 1.807) is 0 Å². The molecule has 0 aliphatic rings. The second kappa shape index (κ2) is 19.0. The third-order valence-electron chi connectivity index (χ3n) is 8.50. The summed E-state index contributed by atoms with van der Waals surface area (Å²) >= 11 is 0. The first-order valence-corrected chi connectivity index (χ1v) is 19.9. The number of aromatic amines is 1. The molecule has 1 heterocycles. The molecule has 1 N–H and O–H groups in total. The van der Waals surface area contributed by atoms with Crippen molar-refractivity contribution in [2.24, 2.45) is 0 Å². The van der Waals surface area contributed by atoms with E-state index < -0.39 is 15.8 Å². The van der Waals surface area contributed by atoms with E-state index in [2.05, 4.69) is 236 Å². The minimum Gasteiger partial charge on any atom is -0.355 e. The molecular weight excluding hydrogens is 716 g/mol. The summed E-state index contributed by atoms with van der Waals surface area (Å²) in [5.41, 5.74) is 2.42. The molecule has 1 nitrogen and oxygen atoms in total. The fourth-order valence-electron chi connectivity index (χ4n) is 6.16. The normalized spacial score (nSPS) is 10.5. The monoisotopic (exact) mass is 754 g/mol. The van der Waals surface area contributed by atoms with Gasteiger partial charge in [-0.1, -0.05) is 218 Å². The average Bonchev–Trinajstić information content (AvgIpc) is 3.60. The number of hydrogen-bond donors (Lipinski definition) is 1. The summed E-state index contributed by atoms with van der Waals surface area (Å²) in [7, 11) is -0.892. The van der Waals surface area contributed by atoms with Gasteiger partial charge in [0.1, 0.15) is 0 Å². The van der Waals surface area contributed by atoms with Crippen LogP contribution >= 0.6 is 15.8 Å². The molecule has 52 heavy (non-hydrogen) atoms. The molecule has 0 aliphatic heterocycles. The summed E-state index contributed by atoms with van der Waals surface area (Å²) in [4.78, 5) is 3.38. The molecule has 0 aliphatic carbocycles. The van der Waals surface area contributed by atoms with Gasteiger partial charge >= 0.3 is 0 Å². The van der Waals surface area contributed by atoms with E-state index in [1.807, 2.05) is 0 Å². The van der Waals surface area contributed by atoms with E-state index in [4.69, 9.17) is 0 Å². The molecule has 0 amide bonds. The number of hydrogen-bond acceptors (Lipinski definition) is 0. The van der Waals surface area contributed by atoms with E-state index in [0.717, 1.165) is 0 Å². The molecule has 0 saturated carbocycles. The molecule has 9 rings (SSSR count). The second-order valence-corrected chi connectivity index (χ2v) is 16.3. The molecule has 9 aromatic rings. The van der Waals surface area contributed by atoms with Crippen molar-refractivity contribution in [2.75, 3.05) is 0 Å². The molecule has 0 fully saturated rings. The molecule has 1 aromatic heterocycles. The minimum atomic E-state index is -0.446. The van der Waals surface area contributed by atoms with Crippen molar-refractivity contribution in [2.45, 2.75) is 0 Å². The van der Waals surface area contributed by atoms with Crippen LogP contribution in [-0.2, 0) is 17.1 Å². The predicted molar refractivity (Wildman–Crippen MR) is 226 cm³/mol. The van der Waals surface area contributed by atoms with Crippen LogP contribution in [-0.4, -0.2) is 4.98 Å². The van der Waals surface area contributed by atoms with Crippen molar-refractivity contribution >= 4 is 69.5 Å². The molecule has 0 bridgehead atoms. The summed E-state index contributed by atoms with van der Waals surface area (Å²) in [5.74, 6) is 0. The maximum absolute atomic E-state index is 3.38. The Labute approximate surface area is 320 Å². The van der Waals surface area contributed by atoms with Crippen LogP contribution in [0.3, 0.4) is 0 Å². The molecule has 0 atom stereocenters. The van der Waals surface area contributed by atoms with Crippen molar-refractivity contribution in [3.05, 3.63) is 231 Å². The van der Waals surface area contributed by atoms with Crippen LogP contribution in [0.25, 0.3) is 21.8 Å². The summed E-state index contributed by atoms with van der Waals surface area (Å²) < 4.78 is 0. The quantitative estimate of drug-likeness (QED) is 0.129. The van der Waals surface area contributed by atoms with Gasteiger partial charge in [-0.05, 0) is 59.8 Å². The van der Waals surface area contributed by atoms with E-state index >= 15 is 0 Å². The zero-order valence-corrected chi connectivity index (χ0v) is 31.4. The predicted octanol–water partition coefficient (Wildman–Crippen LogP) is 10.2. The second-order valence-electron chi connectivity index (χ2n) is 11.9. The van der Waals surface area contributed by atoms with Gasteiger partial charge in [-0.25, -0.2) is 0 Å². The topological polar surface area (TPSA) is 15.8 Å². The Kier molecular flexibility index (Phi) is 13.4. The first-order chi connectivity index (χ1) is 25.3. The zero-order valence-electron chi connectivity index (χ0n) is 28.6. The Morgan fingerprint density at radius 3 is 0.654 bits per heavy atom. The van der Waals surface area contributed by atoms with Crippen LogP contribution in [0.1, 0.15) is 0 Å². The van der Waals surface area contributed by atoms with Gasteiger partial charge in [0, 0.05) is 38.9 Å². The summed E-state index contributed by atoms with van der Waals surface area (Å²) in [6, 6.07) is 81.4. The summed E-state index contributed by atoms with van der Waals surface area (Å²) in [5, 5.41) is 11.0. The number of rotatable bonds is 6. The number of fused-ring (bicyclic) bond motifs is 3. The molecule has 4 heteroatoms. The Bertz CT molecular complexity index is 1990. The fourth-order valence-corrected chi connectivity index (χ4v) is 10.8. The van der Waals surface area contributed by atoms with Crippen molar-refractivity contribution in [3.63, 3.8) is 0 Å². The minimum absolute atomic E-state index is 0. The van der Waals surface area contributed by atoms with Crippen molar-refractivity contribution < 1.29 is 17.1 Å². The van der Waals surface area contributed by atoms with E-state index in [-0.39, 0.29) is 17.1 Å². The number of nitrogens with one attached hydrogen (secondary N) is 1. The Morgan fingerprint density at radius 2 is 0.423 bits per heavy atom. The molecule has 0 saturated heterocycles. The van der Waals surface area contributed by atoms with Crippen LogP contribution in [0.15, 0.2) is 231 Å². The fraction of sp³-hybridized carbons (Fsp3) is 0. The molecule has 0 unspecified atom stereocenters. The van der Waals surface area contributed by atoms with Gasteiger partial charge in [0.25, 0.3) is 0 Å². The van der Waals surface area contributed by atoms with Crippen molar-refractivity contribution in [3.8, 4) is 0 Å². The van der Waals surface area contributed by atoms with Crippen LogP contribution in [0.2, 0.25) is 0 Å². The third-order valence-corrected chi connectivity index (χ3v) is 13.4. The average molecular weight is 755 g/mol. The molecule has 8 aromatic carbocycles. The van der Waals surface area contributed by atoms with Gasteiger partial charge < -0.3 is 4.98 Å². The van der Waals surface area contributed by atoms with Gasteiger partial charge in [-0.15, -0.1) is 0 Å². The molecule has 257 valence electrons. The standard InChI is InChI=1S/2C18H15P.C12H9N.Cu/c2*1-4-10-16(11-5-1)19(17-12-6-2-7-13-17)18-14-8-3-9-15-18;1-3-7-11-9(5-1)10-6-2-4-8-12(10)13-11;/h2*1-15H;1-8,13H;. The number of H-pyrrole nitrogens is 1. The summed E-state index contributed by atoms with van der Waals surface area (Å²) in [6.45, 7) is 0. The Hall–Kier alpha value is -5.06. The maximum atomic E-state index is 3.38. The maximum Gasteiger partial charge on any atom is 0.0464 e. The van der Waals surface area contributed by atoms with Crippen LogP contribution in [0.4, 0.5) is 0 Å². The van der Waals surface area contributed by atoms with Gasteiger partial charge in [0.15, 0.2) is 0 Å². The van der Waals surface area contributed by atoms with Gasteiger partial charge in [-0.2, -0.15) is 0 Å². The zero-order chi connectivity index (χ0) is 34.5. The van der Waals surface area contributed by atoms with Crippen molar-refractivity contribution in [1.82, 2.24) is 4.98 Å². The van der Waals surface area contributed by atoms with Gasteiger partial charge in [0.05, 0.1) is 0 Å². The smallest absolute Gasteiger partial charge is 0.0464 e. The van der Waals surface area contributed by atoms with Gasteiger partial charge in [-0.3, -0.25) is 0 Å². The van der Waals surface area contributed by atoms with E-state index in [1.165, 1.54) is 53.6 Å². The van der Waals surface area contributed by atoms with Crippen molar-refractivity contribution in [1.29, 1.82) is 0 Å². The number of benzene rings is 8. The van der Waals surface area contributed by atoms with E-state index in [9.17, 15) is 0 Å². The largest absolute Gasteiger partial charge is 0.355 e. The first kappa shape index (κ1) is 36.7. The Morgan fingerprint density at radius 1 is 0.231 bits per heavy atom. The van der Waals surface area contributed by atoms with E-state index in [0.29, 0.717) is 0 Å². The Balaban J connectivity index is 0.000000135. The molecular formula is C48H39CuNP2. The molecule has 0 spiro atoms. The molecule has 1 radical (unpaired) electrons. The summed E-state index contributed by atoms with van der Waals surface area (Å²) in [6.07, 6.45) is 0. The van der Waals surface area contributed by atoms with Gasteiger partial charge in [0.2, 0.25) is 0 Å². The SMILES string of the molecule is [Cu].c1ccc(P(c2ccccc2)c2ccccc2)cc1.c1ccc(P(c2ccccc2)c2ccccc2)cc1.c1ccc2c(c1)[nH]c1ccccc12. The van der Waals surface area contributed by atoms with Crippen LogP contribution in [0, 0.1) is 0 Å². The van der Waals surface area contributed by atoms with Crippen LogP contribution < -0.4 is 31.8 Å². The number of para-hydroxylation sites is 2. The third kappa shape index (κ3) is 9.23.